The normalized spacial score (nSPS) is 10.7. The molecular weight excluding hydrogens is 228 g/mol. The molecule has 0 aliphatic heterocycles. The summed E-state index contributed by atoms with van der Waals surface area (Å²) < 4.78 is 26.2. The summed E-state index contributed by atoms with van der Waals surface area (Å²) in [5, 5.41) is 4.91. The largest absolute Gasteiger partial charge is 0.315 e. The Morgan fingerprint density at radius 3 is 2.75 bits per heavy atom. The molecule has 84 valence electrons. The van der Waals surface area contributed by atoms with Crippen LogP contribution in [0.1, 0.15) is 4.88 Å². The summed E-state index contributed by atoms with van der Waals surface area (Å²) in [6, 6.07) is 5.56. The van der Waals surface area contributed by atoms with E-state index in [1.54, 1.807) is 11.3 Å². The zero-order valence-electron chi connectivity index (χ0n) is 8.76. The first-order valence-corrected chi connectivity index (χ1v) is 5.76. The zero-order chi connectivity index (χ0) is 11.5. The van der Waals surface area contributed by atoms with Crippen LogP contribution in [0.4, 0.5) is 8.78 Å². The topological polar surface area (TPSA) is 12.0 Å². The van der Waals surface area contributed by atoms with Crippen molar-refractivity contribution >= 4 is 11.3 Å². The second-order valence-electron chi connectivity index (χ2n) is 3.46. The predicted octanol–water partition coefficient (Wildman–Crippen LogP) is 3.41. The number of hydrogen-bond acceptors (Lipinski definition) is 2. The lowest BCUT2D eigenvalue weighted by atomic mass is 10.1. The van der Waals surface area contributed by atoms with E-state index >= 15 is 0 Å². The summed E-state index contributed by atoms with van der Waals surface area (Å²) in [6.45, 7) is 0.757. The molecule has 1 heterocycles. The number of rotatable bonds is 3. The second kappa shape index (κ2) is 4.72. The van der Waals surface area contributed by atoms with Crippen molar-refractivity contribution in [3.8, 4) is 11.1 Å². The Hall–Kier alpha value is -1.26. The molecule has 0 saturated heterocycles. The van der Waals surface area contributed by atoms with E-state index in [-0.39, 0.29) is 0 Å². The third kappa shape index (κ3) is 2.28. The average molecular weight is 239 g/mol. The molecule has 0 fully saturated rings. The Balaban J connectivity index is 2.35. The molecule has 0 unspecified atom stereocenters. The Morgan fingerprint density at radius 1 is 1.25 bits per heavy atom. The first kappa shape index (κ1) is 11.2. The molecule has 0 aliphatic carbocycles. The molecule has 1 aromatic heterocycles. The van der Waals surface area contributed by atoms with E-state index in [0.29, 0.717) is 5.56 Å². The fourth-order valence-electron chi connectivity index (χ4n) is 1.51. The highest BCUT2D eigenvalue weighted by Crippen LogP contribution is 2.28. The van der Waals surface area contributed by atoms with Crippen molar-refractivity contribution in [1.82, 2.24) is 5.32 Å². The fourth-order valence-corrected chi connectivity index (χ4v) is 2.41. The number of thiophene rings is 1. The molecular formula is C12H11F2NS. The van der Waals surface area contributed by atoms with Crippen LogP contribution < -0.4 is 5.32 Å². The standard InChI is InChI=1S/C12H11F2NS/c1-15-6-10-4-8(7-16-10)11-3-2-9(13)5-12(11)14/h2-5,7,15H,6H2,1H3. The van der Waals surface area contributed by atoms with Crippen LogP contribution in [0.25, 0.3) is 11.1 Å². The van der Waals surface area contributed by atoms with Gasteiger partial charge in [-0.1, -0.05) is 0 Å². The van der Waals surface area contributed by atoms with Gasteiger partial charge < -0.3 is 5.32 Å². The summed E-state index contributed by atoms with van der Waals surface area (Å²) in [5.41, 5.74) is 1.24. The zero-order valence-corrected chi connectivity index (χ0v) is 9.57. The van der Waals surface area contributed by atoms with E-state index in [1.807, 2.05) is 18.5 Å². The molecule has 16 heavy (non-hydrogen) atoms. The van der Waals surface area contributed by atoms with Gasteiger partial charge >= 0.3 is 0 Å². The lowest BCUT2D eigenvalue weighted by Crippen LogP contribution is -2.02. The molecule has 2 aromatic rings. The maximum absolute atomic E-state index is 13.5. The second-order valence-corrected chi connectivity index (χ2v) is 4.45. The van der Waals surface area contributed by atoms with Gasteiger partial charge in [0.25, 0.3) is 0 Å². The van der Waals surface area contributed by atoms with Crippen LogP contribution in [-0.4, -0.2) is 7.05 Å². The summed E-state index contributed by atoms with van der Waals surface area (Å²) >= 11 is 1.56. The van der Waals surface area contributed by atoms with Crippen LogP contribution in [0.2, 0.25) is 0 Å². The van der Waals surface area contributed by atoms with Crippen molar-refractivity contribution in [3.05, 3.63) is 46.2 Å². The van der Waals surface area contributed by atoms with Crippen LogP contribution in [0.3, 0.4) is 0 Å². The Bertz CT molecular complexity index is 494. The van der Waals surface area contributed by atoms with Gasteiger partial charge in [0.15, 0.2) is 0 Å². The van der Waals surface area contributed by atoms with Crippen LogP contribution >= 0.6 is 11.3 Å². The molecule has 2 rings (SSSR count). The van der Waals surface area contributed by atoms with Crippen molar-refractivity contribution in [1.29, 1.82) is 0 Å². The van der Waals surface area contributed by atoms with E-state index in [0.717, 1.165) is 23.1 Å². The highest BCUT2D eigenvalue weighted by Gasteiger charge is 2.08. The van der Waals surface area contributed by atoms with E-state index in [9.17, 15) is 8.78 Å². The molecule has 0 radical (unpaired) electrons. The Kier molecular flexibility index (Phi) is 3.31. The minimum absolute atomic E-state index is 0.444. The first-order valence-electron chi connectivity index (χ1n) is 4.88. The quantitative estimate of drug-likeness (QED) is 0.865. The molecule has 0 atom stereocenters. The highest BCUT2D eigenvalue weighted by molar-refractivity contribution is 7.10. The Morgan fingerprint density at radius 2 is 2.06 bits per heavy atom. The van der Waals surface area contributed by atoms with Gasteiger partial charge in [-0.15, -0.1) is 11.3 Å². The number of nitrogens with one attached hydrogen (secondary N) is 1. The summed E-state index contributed by atoms with van der Waals surface area (Å²) in [4.78, 5) is 1.13. The number of benzene rings is 1. The van der Waals surface area contributed by atoms with E-state index in [4.69, 9.17) is 0 Å². The SMILES string of the molecule is CNCc1cc(-c2ccc(F)cc2F)cs1. The summed E-state index contributed by atoms with van der Waals surface area (Å²) in [6.07, 6.45) is 0. The van der Waals surface area contributed by atoms with Crippen LogP contribution in [0.5, 0.6) is 0 Å². The maximum atomic E-state index is 13.5. The number of halogens is 2. The summed E-state index contributed by atoms with van der Waals surface area (Å²) in [7, 11) is 1.86. The summed E-state index contributed by atoms with van der Waals surface area (Å²) in [5.74, 6) is -1.07. The van der Waals surface area contributed by atoms with E-state index in [2.05, 4.69) is 5.32 Å². The Labute approximate surface area is 96.7 Å². The third-order valence-electron chi connectivity index (χ3n) is 2.25. The van der Waals surface area contributed by atoms with Crippen molar-refractivity contribution in [2.75, 3.05) is 7.05 Å². The van der Waals surface area contributed by atoms with E-state index < -0.39 is 11.6 Å². The molecule has 0 aliphatic rings. The molecule has 0 amide bonds. The van der Waals surface area contributed by atoms with Crippen LogP contribution in [0.15, 0.2) is 29.6 Å². The average Bonchev–Trinajstić information content (AvgIpc) is 2.67. The fraction of sp³-hybridized carbons (Fsp3) is 0.167. The van der Waals surface area contributed by atoms with Gasteiger partial charge in [-0.05, 0) is 36.2 Å². The van der Waals surface area contributed by atoms with Gasteiger partial charge in [-0.2, -0.15) is 0 Å². The van der Waals surface area contributed by atoms with Gasteiger partial charge in [-0.25, -0.2) is 8.78 Å². The van der Waals surface area contributed by atoms with Gasteiger partial charge in [0.1, 0.15) is 11.6 Å². The van der Waals surface area contributed by atoms with E-state index in [1.165, 1.54) is 12.1 Å². The molecule has 1 aromatic carbocycles. The van der Waals surface area contributed by atoms with Crippen molar-refractivity contribution in [2.24, 2.45) is 0 Å². The predicted molar refractivity (Wildman–Crippen MR) is 62.4 cm³/mol. The third-order valence-corrected chi connectivity index (χ3v) is 3.18. The van der Waals surface area contributed by atoms with Gasteiger partial charge in [0, 0.05) is 23.1 Å². The van der Waals surface area contributed by atoms with Gasteiger partial charge in [0.05, 0.1) is 0 Å². The lowest BCUT2D eigenvalue weighted by Gasteiger charge is -1.99. The smallest absolute Gasteiger partial charge is 0.133 e. The van der Waals surface area contributed by atoms with Crippen molar-refractivity contribution in [3.63, 3.8) is 0 Å². The van der Waals surface area contributed by atoms with Gasteiger partial charge in [0.2, 0.25) is 0 Å². The van der Waals surface area contributed by atoms with Crippen molar-refractivity contribution in [2.45, 2.75) is 6.54 Å². The minimum Gasteiger partial charge on any atom is -0.315 e. The molecule has 1 N–H and O–H groups in total. The number of hydrogen-bond donors (Lipinski definition) is 1. The molecule has 0 bridgehead atoms. The van der Waals surface area contributed by atoms with Crippen LogP contribution in [0, 0.1) is 11.6 Å². The maximum Gasteiger partial charge on any atom is 0.133 e. The van der Waals surface area contributed by atoms with Gasteiger partial charge in [-0.3, -0.25) is 0 Å². The molecule has 0 saturated carbocycles. The first-order chi connectivity index (χ1) is 7.70. The monoisotopic (exact) mass is 239 g/mol. The highest BCUT2D eigenvalue weighted by atomic mass is 32.1. The van der Waals surface area contributed by atoms with Crippen LogP contribution in [-0.2, 0) is 6.54 Å². The lowest BCUT2D eigenvalue weighted by molar-refractivity contribution is 0.585. The molecule has 4 heteroatoms. The van der Waals surface area contributed by atoms with Crippen molar-refractivity contribution < 1.29 is 8.78 Å². The molecule has 0 spiro atoms. The molecule has 1 nitrogen and oxygen atoms in total. The minimum atomic E-state index is -0.549.